The highest BCUT2D eigenvalue weighted by Crippen LogP contribution is 2.23. The lowest BCUT2D eigenvalue weighted by Gasteiger charge is -2.12. The van der Waals surface area contributed by atoms with Gasteiger partial charge in [0, 0.05) is 29.6 Å². The van der Waals surface area contributed by atoms with E-state index in [0.717, 1.165) is 12.0 Å². The molecule has 0 aliphatic heterocycles. The van der Waals surface area contributed by atoms with Crippen LogP contribution >= 0.6 is 23.4 Å². The van der Waals surface area contributed by atoms with Crippen molar-refractivity contribution in [2.45, 2.75) is 37.7 Å². The quantitative estimate of drug-likeness (QED) is 0.355. The number of hydrogen-bond donors (Lipinski definition) is 0. The summed E-state index contributed by atoms with van der Waals surface area (Å²) in [5.74, 6) is 0.432. The molecule has 0 atom stereocenters. The summed E-state index contributed by atoms with van der Waals surface area (Å²) in [7, 11) is 0. The van der Waals surface area contributed by atoms with Gasteiger partial charge in [0.2, 0.25) is 0 Å². The number of nitrogens with zero attached hydrogens (tertiary/aromatic N) is 4. The molecular formula is C21H19ClN4O2S. The van der Waals surface area contributed by atoms with Crippen molar-refractivity contribution in [1.82, 2.24) is 18.9 Å². The molecule has 0 saturated heterocycles. The summed E-state index contributed by atoms with van der Waals surface area (Å²) in [5.41, 5.74) is 2.64. The lowest BCUT2D eigenvalue weighted by Crippen LogP contribution is -2.23. The molecule has 4 aromatic rings. The van der Waals surface area contributed by atoms with Gasteiger partial charge in [0.25, 0.3) is 11.1 Å². The van der Waals surface area contributed by atoms with E-state index in [1.165, 1.54) is 22.2 Å². The number of pyridine rings is 1. The van der Waals surface area contributed by atoms with Crippen LogP contribution in [0.4, 0.5) is 0 Å². The minimum atomic E-state index is -0.130. The third-order valence-electron chi connectivity index (χ3n) is 4.55. The summed E-state index contributed by atoms with van der Waals surface area (Å²) in [6, 6.07) is 10.4. The average Bonchev–Trinajstić information content (AvgIpc) is 2.68. The molecule has 6 nitrogen and oxygen atoms in total. The minimum Gasteiger partial charge on any atom is -0.287 e. The molecule has 0 unspecified atom stereocenters. The number of hydrogen-bond acceptors (Lipinski definition) is 5. The third-order valence-corrected chi connectivity index (χ3v) is 5.80. The van der Waals surface area contributed by atoms with E-state index in [0.29, 0.717) is 44.7 Å². The molecule has 3 aromatic heterocycles. The van der Waals surface area contributed by atoms with E-state index in [-0.39, 0.29) is 11.1 Å². The Hall–Kier alpha value is -2.64. The van der Waals surface area contributed by atoms with Gasteiger partial charge in [-0.25, -0.2) is 9.97 Å². The number of aromatic nitrogens is 4. The van der Waals surface area contributed by atoms with Crippen molar-refractivity contribution in [2.24, 2.45) is 0 Å². The van der Waals surface area contributed by atoms with Crippen LogP contribution in [0.5, 0.6) is 0 Å². The Bertz CT molecular complexity index is 1350. The van der Waals surface area contributed by atoms with Crippen LogP contribution in [0.3, 0.4) is 0 Å². The van der Waals surface area contributed by atoms with Gasteiger partial charge in [0.05, 0.1) is 16.6 Å². The SMILES string of the molecule is CCCn1c(SCc2cc(=O)n3ccc(C)cc3n2)nc2cc(Cl)ccc2c1=O. The van der Waals surface area contributed by atoms with Crippen molar-refractivity contribution in [2.75, 3.05) is 0 Å². The second-order valence-electron chi connectivity index (χ2n) is 6.82. The fourth-order valence-corrected chi connectivity index (χ4v) is 4.26. The van der Waals surface area contributed by atoms with Gasteiger partial charge >= 0.3 is 0 Å². The van der Waals surface area contributed by atoms with E-state index >= 15 is 0 Å². The van der Waals surface area contributed by atoms with Crippen LogP contribution in [0.2, 0.25) is 5.02 Å². The summed E-state index contributed by atoms with van der Waals surface area (Å²) in [6.45, 7) is 4.54. The Kier molecular flexibility index (Phi) is 5.43. The summed E-state index contributed by atoms with van der Waals surface area (Å²) in [6.07, 6.45) is 2.54. The summed E-state index contributed by atoms with van der Waals surface area (Å²) in [4.78, 5) is 34.6. The van der Waals surface area contributed by atoms with Crippen LogP contribution in [0, 0.1) is 6.92 Å². The molecule has 0 N–H and O–H groups in total. The molecule has 148 valence electrons. The summed E-state index contributed by atoms with van der Waals surface area (Å²) in [5, 5.41) is 1.68. The number of thioether (sulfide) groups is 1. The smallest absolute Gasteiger partial charge is 0.262 e. The first kappa shape index (κ1) is 19.7. The lowest BCUT2D eigenvalue weighted by molar-refractivity contribution is 0.584. The number of fused-ring (bicyclic) bond motifs is 2. The monoisotopic (exact) mass is 426 g/mol. The molecule has 0 aliphatic carbocycles. The first-order chi connectivity index (χ1) is 14.0. The van der Waals surface area contributed by atoms with Gasteiger partial charge in [-0.15, -0.1) is 0 Å². The molecule has 0 fully saturated rings. The van der Waals surface area contributed by atoms with E-state index in [9.17, 15) is 9.59 Å². The number of rotatable bonds is 5. The zero-order chi connectivity index (χ0) is 20.5. The normalized spacial score (nSPS) is 11.4. The highest BCUT2D eigenvalue weighted by molar-refractivity contribution is 7.98. The first-order valence-corrected chi connectivity index (χ1v) is 10.6. The average molecular weight is 427 g/mol. The Morgan fingerprint density at radius 1 is 1.10 bits per heavy atom. The summed E-state index contributed by atoms with van der Waals surface area (Å²) >= 11 is 7.47. The molecule has 0 amide bonds. The van der Waals surface area contributed by atoms with E-state index in [4.69, 9.17) is 11.6 Å². The largest absolute Gasteiger partial charge is 0.287 e. The molecule has 4 rings (SSSR count). The van der Waals surface area contributed by atoms with E-state index in [1.807, 2.05) is 26.0 Å². The van der Waals surface area contributed by atoms with Crippen molar-refractivity contribution in [3.05, 3.63) is 79.6 Å². The van der Waals surface area contributed by atoms with E-state index in [1.54, 1.807) is 29.0 Å². The fourth-order valence-electron chi connectivity index (χ4n) is 3.17. The zero-order valence-corrected chi connectivity index (χ0v) is 17.6. The minimum absolute atomic E-state index is 0.0850. The molecule has 0 bridgehead atoms. The van der Waals surface area contributed by atoms with Crippen molar-refractivity contribution in [3.63, 3.8) is 0 Å². The lowest BCUT2D eigenvalue weighted by atomic mass is 10.2. The van der Waals surface area contributed by atoms with Gasteiger partial charge in [0.1, 0.15) is 5.65 Å². The maximum atomic E-state index is 12.9. The molecule has 0 aliphatic rings. The highest BCUT2D eigenvalue weighted by atomic mass is 35.5. The van der Waals surface area contributed by atoms with Crippen molar-refractivity contribution in [1.29, 1.82) is 0 Å². The Labute approximate surface area is 176 Å². The molecule has 3 heterocycles. The molecular weight excluding hydrogens is 408 g/mol. The standard InChI is InChI=1S/C21H19ClN4O2S/c1-3-7-26-20(28)16-5-4-14(22)10-17(16)24-21(26)29-12-15-11-19(27)25-8-6-13(2)9-18(25)23-15/h4-6,8-11H,3,7,12H2,1-2H3. The molecule has 8 heteroatoms. The predicted molar refractivity (Wildman–Crippen MR) is 117 cm³/mol. The van der Waals surface area contributed by atoms with Crippen LogP contribution in [0.1, 0.15) is 24.6 Å². The summed E-state index contributed by atoms with van der Waals surface area (Å²) < 4.78 is 3.20. The zero-order valence-electron chi connectivity index (χ0n) is 16.1. The van der Waals surface area contributed by atoms with Gasteiger partial charge in [-0.05, 0) is 49.2 Å². The first-order valence-electron chi connectivity index (χ1n) is 9.28. The van der Waals surface area contributed by atoms with Crippen molar-refractivity contribution < 1.29 is 0 Å². The number of halogens is 1. The van der Waals surface area contributed by atoms with Crippen LogP contribution in [0.25, 0.3) is 16.6 Å². The van der Waals surface area contributed by atoms with Crippen LogP contribution in [-0.4, -0.2) is 18.9 Å². The van der Waals surface area contributed by atoms with Crippen LogP contribution in [-0.2, 0) is 12.3 Å². The molecule has 0 spiro atoms. The van der Waals surface area contributed by atoms with Crippen LogP contribution in [0.15, 0.2) is 57.3 Å². The Morgan fingerprint density at radius 3 is 2.72 bits per heavy atom. The number of benzene rings is 1. The van der Waals surface area contributed by atoms with Gasteiger partial charge in [0.15, 0.2) is 5.16 Å². The number of aryl methyl sites for hydroxylation is 1. The Morgan fingerprint density at radius 2 is 1.93 bits per heavy atom. The van der Waals surface area contributed by atoms with Gasteiger partial charge in [-0.1, -0.05) is 30.3 Å². The predicted octanol–water partition coefficient (Wildman–Crippen LogP) is 4.07. The van der Waals surface area contributed by atoms with Crippen LogP contribution < -0.4 is 11.1 Å². The highest BCUT2D eigenvalue weighted by Gasteiger charge is 2.13. The van der Waals surface area contributed by atoms with Gasteiger partial charge in [-0.2, -0.15) is 0 Å². The second kappa shape index (κ2) is 8.00. The van der Waals surface area contributed by atoms with Gasteiger partial charge < -0.3 is 0 Å². The maximum absolute atomic E-state index is 12.9. The Balaban J connectivity index is 1.74. The molecule has 29 heavy (non-hydrogen) atoms. The van der Waals surface area contributed by atoms with Crippen molar-refractivity contribution >= 4 is 39.9 Å². The third kappa shape index (κ3) is 3.93. The molecule has 1 aromatic carbocycles. The topological polar surface area (TPSA) is 69.3 Å². The van der Waals surface area contributed by atoms with E-state index < -0.39 is 0 Å². The van der Waals surface area contributed by atoms with E-state index in [2.05, 4.69) is 9.97 Å². The molecule has 0 saturated carbocycles. The molecule has 0 radical (unpaired) electrons. The maximum Gasteiger partial charge on any atom is 0.262 e. The van der Waals surface area contributed by atoms with Crippen molar-refractivity contribution in [3.8, 4) is 0 Å². The second-order valence-corrected chi connectivity index (χ2v) is 8.20. The fraction of sp³-hybridized carbons (Fsp3) is 0.238. The van der Waals surface area contributed by atoms with Gasteiger partial charge in [-0.3, -0.25) is 18.6 Å².